The van der Waals surface area contributed by atoms with Crippen LogP contribution < -0.4 is 0 Å². The molecule has 0 aliphatic rings. The number of unbranched alkanes of at least 4 members (excludes halogenated alkanes) is 3. The minimum absolute atomic E-state index is 0.739. The van der Waals surface area contributed by atoms with Gasteiger partial charge in [-0.25, -0.2) is 9.78 Å². The van der Waals surface area contributed by atoms with E-state index >= 15 is 0 Å². The van der Waals surface area contributed by atoms with Crippen molar-refractivity contribution in [2.75, 3.05) is 13.2 Å². The Morgan fingerprint density at radius 1 is 0.857 bits per heavy atom. The van der Waals surface area contributed by atoms with E-state index in [9.17, 15) is 0 Å². The highest BCUT2D eigenvalue weighted by molar-refractivity contribution is 4.46. The van der Waals surface area contributed by atoms with E-state index in [0.717, 1.165) is 38.4 Å². The van der Waals surface area contributed by atoms with E-state index in [2.05, 4.69) is 20.8 Å². The fraction of sp³-hybridized carbons (Fsp3) is 1.00. The van der Waals surface area contributed by atoms with Crippen LogP contribution in [-0.4, -0.2) is 13.2 Å². The SMILES string of the molecule is CCCCOOCCCCCC(C)C. The molecule has 0 aromatic heterocycles. The van der Waals surface area contributed by atoms with Gasteiger partial charge in [0, 0.05) is 0 Å². The van der Waals surface area contributed by atoms with Crippen LogP contribution >= 0.6 is 0 Å². The van der Waals surface area contributed by atoms with Gasteiger partial charge in [0.1, 0.15) is 0 Å². The third-order valence-electron chi connectivity index (χ3n) is 2.17. The molecule has 0 atom stereocenters. The topological polar surface area (TPSA) is 18.5 Å². The lowest BCUT2D eigenvalue weighted by Gasteiger charge is -2.05. The van der Waals surface area contributed by atoms with Gasteiger partial charge in [-0.05, 0) is 18.8 Å². The first kappa shape index (κ1) is 13.9. The van der Waals surface area contributed by atoms with Crippen molar-refractivity contribution in [2.45, 2.75) is 59.3 Å². The molecule has 0 amide bonds. The predicted octanol–water partition coefficient (Wildman–Crippen LogP) is 3.95. The van der Waals surface area contributed by atoms with Gasteiger partial charge in [0.15, 0.2) is 0 Å². The number of hydrogen-bond acceptors (Lipinski definition) is 2. The van der Waals surface area contributed by atoms with Crippen molar-refractivity contribution in [3.63, 3.8) is 0 Å². The molecule has 0 fully saturated rings. The summed E-state index contributed by atoms with van der Waals surface area (Å²) in [4.78, 5) is 10.0. The Morgan fingerprint density at radius 2 is 1.50 bits per heavy atom. The van der Waals surface area contributed by atoms with Gasteiger partial charge >= 0.3 is 0 Å². The summed E-state index contributed by atoms with van der Waals surface area (Å²) >= 11 is 0. The molecule has 0 radical (unpaired) electrons. The zero-order valence-corrected chi connectivity index (χ0v) is 10.1. The normalized spacial score (nSPS) is 11.1. The number of hydrogen-bond donors (Lipinski definition) is 0. The first-order valence-corrected chi connectivity index (χ1v) is 6.01. The molecule has 14 heavy (non-hydrogen) atoms. The minimum Gasteiger partial charge on any atom is -0.237 e. The van der Waals surface area contributed by atoms with Gasteiger partial charge in [-0.3, -0.25) is 0 Å². The third-order valence-corrected chi connectivity index (χ3v) is 2.17. The molecule has 2 heteroatoms. The molecule has 0 N–H and O–H groups in total. The van der Waals surface area contributed by atoms with Crippen LogP contribution in [0.4, 0.5) is 0 Å². The zero-order valence-electron chi connectivity index (χ0n) is 10.1. The summed E-state index contributed by atoms with van der Waals surface area (Å²) in [5.74, 6) is 0.830. The highest BCUT2D eigenvalue weighted by Crippen LogP contribution is 2.07. The Kier molecular flexibility index (Phi) is 10.9. The van der Waals surface area contributed by atoms with Crippen molar-refractivity contribution in [3.05, 3.63) is 0 Å². The van der Waals surface area contributed by atoms with Crippen molar-refractivity contribution in [1.29, 1.82) is 0 Å². The second-order valence-corrected chi connectivity index (χ2v) is 4.24. The molecule has 0 unspecified atom stereocenters. The van der Waals surface area contributed by atoms with Crippen molar-refractivity contribution in [1.82, 2.24) is 0 Å². The summed E-state index contributed by atoms with van der Waals surface area (Å²) in [6.07, 6.45) is 7.28. The Bertz CT molecular complexity index is 102. The Hall–Kier alpha value is -0.0800. The number of rotatable bonds is 10. The van der Waals surface area contributed by atoms with Gasteiger partial charge in [-0.15, -0.1) is 0 Å². The molecule has 0 bridgehead atoms. The van der Waals surface area contributed by atoms with Crippen LogP contribution in [-0.2, 0) is 9.78 Å². The lowest BCUT2D eigenvalue weighted by molar-refractivity contribution is -0.295. The van der Waals surface area contributed by atoms with Crippen LogP contribution in [0.2, 0.25) is 0 Å². The molecule has 0 saturated heterocycles. The minimum atomic E-state index is 0.739. The van der Waals surface area contributed by atoms with Crippen LogP contribution in [0.25, 0.3) is 0 Å². The maximum atomic E-state index is 5.04. The average Bonchev–Trinajstić information content (AvgIpc) is 2.15. The largest absolute Gasteiger partial charge is 0.237 e. The molecular weight excluding hydrogens is 176 g/mol. The first-order chi connectivity index (χ1) is 6.77. The molecular formula is C12H26O2. The van der Waals surface area contributed by atoms with E-state index in [1.54, 1.807) is 0 Å². The van der Waals surface area contributed by atoms with Crippen LogP contribution in [0.15, 0.2) is 0 Å². The zero-order chi connectivity index (χ0) is 10.6. The fourth-order valence-corrected chi connectivity index (χ4v) is 1.21. The Balaban J connectivity index is 2.85. The molecule has 0 heterocycles. The van der Waals surface area contributed by atoms with Crippen molar-refractivity contribution in [2.24, 2.45) is 5.92 Å². The lowest BCUT2D eigenvalue weighted by Crippen LogP contribution is -1.98. The van der Waals surface area contributed by atoms with Crippen LogP contribution in [0.5, 0.6) is 0 Å². The molecule has 0 saturated carbocycles. The predicted molar refractivity (Wildman–Crippen MR) is 60.1 cm³/mol. The highest BCUT2D eigenvalue weighted by Gasteiger charge is 1.94. The van der Waals surface area contributed by atoms with Crippen molar-refractivity contribution >= 4 is 0 Å². The summed E-state index contributed by atoms with van der Waals surface area (Å²) in [5, 5.41) is 0. The van der Waals surface area contributed by atoms with Gasteiger partial charge < -0.3 is 0 Å². The van der Waals surface area contributed by atoms with E-state index in [0.29, 0.717) is 0 Å². The fourth-order valence-electron chi connectivity index (χ4n) is 1.21. The van der Waals surface area contributed by atoms with Gasteiger partial charge in [0.2, 0.25) is 0 Å². The Morgan fingerprint density at radius 3 is 2.07 bits per heavy atom. The van der Waals surface area contributed by atoms with Crippen molar-refractivity contribution < 1.29 is 9.78 Å². The van der Waals surface area contributed by atoms with Crippen LogP contribution in [0, 0.1) is 5.92 Å². The standard InChI is InChI=1S/C12H26O2/c1-4-5-10-13-14-11-8-6-7-9-12(2)3/h12H,4-11H2,1-3H3. The summed E-state index contributed by atoms with van der Waals surface area (Å²) in [6.45, 7) is 8.17. The summed E-state index contributed by atoms with van der Waals surface area (Å²) in [5.41, 5.74) is 0. The van der Waals surface area contributed by atoms with Gasteiger partial charge in [0.05, 0.1) is 13.2 Å². The van der Waals surface area contributed by atoms with E-state index in [-0.39, 0.29) is 0 Å². The monoisotopic (exact) mass is 202 g/mol. The molecule has 0 rings (SSSR count). The van der Waals surface area contributed by atoms with E-state index < -0.39 is 0 Å². The molecule has 0 aliphatic heterocycles. The van der Waals surface area contributed by atoms with Crippen LogP contribution in [0.1, 0.15) is 59.3 Å². The van der Waals surface area contributed by atoms with Gasteiger partial charge in [-0.1, -0.05) is 46.5 Å². The maximum Gasteiger partial charge on any atom is 0.0822 e. The first-order valence-electron chi connectivity index (χ1n) is 6.01. The smallest absolute Gasteiger partial charge is 0.0822 e. The van der Waals surface area contributed by atoms with Gasteiger partial charge in [0.25, 0.3) is 0 Å². The second-order valence-electron chi connectivity index (χ2n) is 4.24. The van der Waals surface area contributed by atoms with Crippen LogP contribution in [0.3, 0.4) is 0 Å². The van der Waals surface area contributed by atoms with Gasteiger partial charge in [-0.2, -0.15) is 0 Å². The van der Waals surface area contributed by atoms with E-state index in [1.165, 1.54) is 19.3 Å². The highest BCUT2D eigenvalue weighted by atomic mass is 17.2. The summed E-state index contributed by atoms with van der Waals surface area (Å²) < 4.78 is 0. The maximum absolute atomic E-state index is 5.04. The quantitative estimate of drug-likeness (QED) is 0.303. The Labute approximate surface area is 88.9 Å². The molecule has 0 aromatic rings. The average molecular weight is 202 g/mol. The molecule has 0 spiro atoms. The molecule has 0 aliphatic carbocycles. The second kappa shape index (κ2) is 11.0. The summed E-state index contributed by atoms with van der Waals surface area (Å²) in [6, 6.07) is 0. The van der Waals surface area contributed by atoms with E-state index in [1.807, 2.05) is 0 Å². The summed E-state index contributed by atoms with van der Waals surface area (Å²) in [7, 11) is 0. The lowest BCUT2D eigenvalue weighted by atomic mass is 10.1. The molecule has 86 valence electrons. The molecule has 2 nitrogen and oxygen atoms in total. The van der Waals surface area contributed by atoms with E-state index in [4.69, 9.17) is 9.78 Å². The third kappa shape index (κ3) is 11.9. The molecule has 0 aromatic carbocycles. The van der Waals surface area contributed by atoms with Crippen molar-refractivity contribution in [3.8, 4) is 0 Å².